The van der Waals surface area contributed by atoms with E-state index in [-0.39, 0.29) is 23.5 Å². The van der Waals surface area contributed by atoms with E-state index in [1.807, 2.05) is 6.92 Å². The number of aliphatic hydroxyl groups excluding tert-OH is 2. The fraction of sp³-hybridized carbons (Fsp3) is 1.00. The summed E-state index contributed by atoms with van der Waals surface area (Å²) in [6, 6.07) is 0. The number of rotatable bonds is 1. The summed E-state index contributed by atoms with van der Waals surface area (Å²) in [6.07, 6.45) is 8.28. The maximum Gasteiger partial charge on any atom is 0.0648 e. The van der Waals surface area contributed by atoms with Crippen LogP contribution in [-0.2, 0) is 0 Å². The normalized spacial score (nSPS) is 61.8. The van der Waals surface area contributed by atoms with Gasteiger partial charge in [0.15, 0.2) is 0 Å². The van der Waals surface area contributed by atoms with Crippen molar-refractivity contribution in [2.75, 3.05) is 6.61 Å². The lowest BCUT2D eigenvalue weighted by atomic mass is 9.39. The minimum absolute atomic E-state index is 0.0936. The standard InChI is InChI=1S/C20H34O3/c1-17(12-21)15-5-4-13-10-14-11-20(13,9-8-19(14,3)23)18(15,2)7-6-16(17)22/h13-16,21-23H,4-12H2,1-3H3/t13-,14+,15-,16+,17-,18-,19-,20-/m0/s1. The Morgan fingerprint density at radius 2 is 1.70 bits per heavy atom. The van der Waals surface area contributed by atoms with Crippen LogP contribution in [-0.4, -0.2) is 33.6 Å². The lowest BCUT2D eigenvalue weighted by Crippen LogP contribution is -2.62. The van der Waals surface area contributed by atoms with Gasteiger partial charge >= 0.3 is 0 Å². The molecule has 1 spiro atoms. The van der Waals surface area contributed by atoms with Crippen LogP contribution in [0.5, 0.6) is 0 Å². The quantitative estimate of drug-likeness (QED) is 0.695. The summed E-state index contributed by atoms with van der Waals surface area (Å²) in [5.74, 6) is 1.59. The molecule has 0 aromatic heterocycles. The molecule has 0 aliphatic heterocycles. The number of fused-ring (bicyclic) bond motifs is 2. The molecule has 23 heavy (non-hydrogen) atoms. The van der Waals surface area contributed by atoms with Crippen LogP contribution in [0.15, 0.2) is 0 Å². The summed E-state index contributed by atoms with van der Waals surface area (Å²) in [7, 11) is 0. The third kappa shape index (κ3) is 1.82. The van der Waals surface area contributed by atoms with Crippen molar-refractivity contribution in [3.8, 4) is 0 Å². The molecular formula is C20H34O3. The van der Waals surface area contributed by atoms with Gasteiger partial charge in [0.1, 0.15) is 0 Å². The van der Waals surface area contributed by atoms with Crippen LogP contribution in [0.1, 0.15) is 72.1 Å². The molecule has 4 rings (SSSR count). The number of hydrogen-bond donors (Lipinski definition) is 3. The zero-order valence-corrected chi connectivity index (χ0v) is 15.0. The first kappa shape index (κ1) is 16.4. The van der Waals surface area contributed by atoms with Gasteiger partial charge < -0.3 is 15.3 Å². The van der Waals surface area contributed by atoms with Crippen molar-refractivity contribution in [1.82, 2.24) is 0 Å². The van der Waals surface area contributed by atoms with Crippen LogP contribution in [0.4, 0.5) is 0 Å². The Labute approximate surface area is 140 Å². The first-order chi connectivity index (χ1) is 10.7. The molecule has 0 aromatic rings. The molecule has 4 aliphatic rings. The second-order valence-electron chi connectivity index (χ2n) is 10.1. The molecule has 4 saturated carbocycles. The highest BCUT2D eigenvalue weighted by Gasteiger charge is 2.69. The molecule has 0 radical (unpaired) electrons. The van der Waals surface area contributed by atoms with Crippen LogP contribution in [0, 0.1) is 34.0 Å². The Hall–Kier alpha value is -0.120. The predicted octanol–water partition coefficient (Wildman–Crippen LogP) is 3.11. The average Bonchev–Trinajstić information content (AvgIpc) is 2.87. The molecule has 0 heterocycles. The van der Waals surface area contributed by atoms with E-state index in [0.717, 1.165) is 44.4 Å². The second-order valence-corrected chi connectivity index (χ2v) is 10.1. The molecule has 132 valence electrons. The van der Waals surface area contributed by atoms with Crippen LogP contribution >= 0.6 is 0 Å². The highest BCUT2D eigenvalue weighted by molar-refractivity contribution is 5.18. The Morgan fingerprint density at radius 3 is 2.39 bits per heavy atom. The molecule has 4 fully saturated rings. The van der Waals surface area contributed by atoms with E-state index in [2.05, 4.69) is 13.8 Å². The van der Waals surface area contributed by atoms with Crippen molar-refractivity contribution in [2.24, 2.45) is 34.0 Å². The Morgan fingerprint density at radius 1 is 0.957 bits per heavy atom. The van der Waals surface area contributed by atoms with Crippen molar-refractivity contribution >= 4 is 0 Å². The summed E-state index contributed by atoms with van der Waals surface area (Å²) in [5.41, 5.74) is -0.301. The zero-order valence-electron chi connectivity index (χ0n) is 15.0. The molecular weight excluding hydrogens is 288 g/mol. The third-order valence-electron chi connectivity index (χ3n) is 9.46. The smallest absolute Gasteiger partial charge is 0.0648 e. The van der Waals surface area contributed by atoms with Gasteiger partial charge in [0, 0.05) is 5.41 Å². The topological polar surface area (TPSA) is 60.7 Å². The van der Waals surface area contributed by atoms with Crippen LogP contribution in [0.2, 0.25) is 0 Å². The fourth-order valence-electron chi connectivity index (χ4n) is 7.83. The summed E-state index contributed by atoms with van der Waals surface area (Å²) >= 11 is 0. The van der Waals surface area contributed by atoms with Crippen LogP contribution < -0.4 is 0 Å². The van der Waals surface area contributed by atoms with E-state index in [1.54, 1.807) is 0 Å². The second kappa shape index (κ2) is 4.74. The third-order valence-corrected chi connectivity index (χ3v) is 9.46. The highest BCUT2D eigenvalue weighted by Crippen LogP contribution is 2.75. The maximum atomic E-state index is 10.8. The largest absolute Gasteiger partial charge is 0.396 e. The van der Waals surface area contributed by atoms with Gasteiger partial charge in [-0.05, 0) is 86.9 Å². The SMILES string of the molecule is C[C@@]1(CO)[C@H](O)CC[C@@]2(C)[C@H]1CC[C@H]1C[C@@H]3C[C@@]12CC[C@]3(C)O. The fourth-order valence-corrected chi connectivity index (χ4v) is 7.83. The van der Waals surface area contributed by atoms with Crippen molar-refractivity contribution < 1.29 is 15.3 Å². The molecule has 2 bridgehead atoms. The average molecular weight is 322 g/mol. The van der Waals surface area contributed by atoms with Gasteiger partial charge in [-0.3, -0.25) is 0 Å². The first-order valence-corrected chi connectivity index (χ1v) is 9.71. The summed E-state index contributed by atoms with van der Waals surface area (Å²) in [6.45, 7) is 6.72. The molecule has 3 heteroatoms. The number of aliphatic hydroxyl groups is 3. The minimum atomic E-state index is -0.483. The van der Waals surface area contributed by atoms with E-state index in [4.69, 9.17) is 0 Å². The van der Waals surface area contributed by atoms with Gasteiger partial charge in [-0.15, -0.1) is 0 Å². The Kier molecular flexibility index (Phi) is 3.37. The van der Waals surface area contributed by atoms with Gasteiger partial charge in [0.25, 0.3) is 0 Å². The predicted molar refractivity (Wildman–Crippen MR) is 89.8 cm³/mol. The van der Waals surface area contributed by atoms with Crippen molar-refractivity contribution in [2.45, 2.75) is 83.8 Å². The van der Waals surface area contributed by atoms with Crippen molar-refractivity contribution in [1.29, 1.82) is 0 Å². The zero-order chi connectivity index (χ0) is 16.7. The van der Waals surface area contributed by atoms with E-state index in [1.165, 1.54) is 12.8 Å². The monoisotopic (exact) mass is 322 g/mol. The molecule has 0 unspecified atom stereocenters. The van der Waals surface area contributed by atoms with Gasteiger partial charge in [-0.2, -0.15) is 0 Å². The van der Waals surface area contributed by atoms with Gasteiger partial charge in [0.05, 0.1) is 18.3 Å². The highest BCUT2D eigenvalue weighted by atomic mass is 16.3. The molecule has 8 atom stereocenters. The Bertz CT molecular complexity index is 503. The van der Waals surface area contributed by atoms with E-state index in [9.17, 15) is 15.3 Å². The van der Waals surface area contributed by atoms with Crippen molar-refractivity contribution in [3.05, 3.63) is 0 Å². The summed E-state index contributed by atoms with van der Waals surface area (Å²) in [4.78, 5) is 0. The molecule has 3 N–H and O–H groups in total. The minimum Gasteiger partial charge on any atom is -0.396 e. The molecule has 4 aliphatic carbocycles. The van der Waals surface area contributed by atoms with Crippen LogP contribution in [0.25, 0.3) is 0 Å². The molecule has 0 saturated heterocycles. The first-order valence-electron chi connectivity index (χ1n) is 9.71. The lowest BCUT2D eigenvalue weighted by Gasteiger charge is -2.66. The van der Waals surface area contributed by atoms with Crippen molar-refractivity contribution in [3.63, 3.8) is 0 Å². The van der Waals surface area contributed by atoms with Gasteiger partial charge in [-0.25, -0.2) is 0 Å². The molecule has 0 amide bonds. The van der Waals surface area contributed by atoms with E-state index >= 15 is 0 Å². The van der Waals surface area contributed by atoms with E-state index in [0.29, 0.717) is 17.3 Å². The molecule has 0 aromatic carbocycles. The van der Waals surface area contributed by atoms with E-state index < -0.39 is 5.60 Å². The summed E-state index contributed by atoms with van der Waals surface area (Å²) < 4.78 is 0. The Balaban J connectivity index is 1.76. The number of hydrogen-bond acceptors (Lipinski definition) is 3. The molecule has 3 nitrogen and oxygen atoms in total. The van der Waals surface area contributed by atoms with Gasteiger partial charge in [-0.1, -0.05) is 13.8 Å². The van der Waals surface area contributed by atoms with Gasteiger partial charge in [0.2, 0.25) is 0 Å². The lowest BCUT2D eigenvalue weighted by molar-refractivity contribution is -0.213. The maximum absolute atomic E-state index is 10.8. The van der Waals surface area contributed by atoms with Crippen LogP contribution in [0.3, 0.4) is 0 Å². The summed E-state index contributed by atoms with van der Waals surface area (Å²) in [5, 5.41) is 31.5.